The molecule has 2 heterocycles. The highest BCUT2D eigenvalue weighted by atomic mass is 79.9. The number of imide groups is 1. The number of benzene rings is 3. The van der Waals surface area contributed by atoms with Crippen LogP contribution in [0.2, 0.25) is 0 Å². The molecule has 3 aromatic carbocycles. The van der Waals surface area contributed by atoms with Crippen molar-refractivity contribution in [1.29, 1.82) is 0 Å². The van der Waals surface area contributed by atoms with Crippen LogP contribution in [-0.2, 0) is 14.3 Å². The average Bonchev–Trinajstić information content (AvgIpc) is 3.40. The minimum Gasteiger partial charge on any atom is -0.349 e. The van der Waals surface area contributed by atoms with Crippen LogP contribution in [0.25, 0.3) is 0 Å². The maximum Gasteiger partial charge on any atom is 0.241 e. The van der Waals surface area contributed by atoms with Crippen molar-refractivity contribution in [3.8, 4) is 0 Å². The van der Waals surface area contributed by atoms with Gasteiger partial charge in [0.05, 0.1) is 23.6 Å². The van der Waals surface area contributed by atoms with E-state index >= 15 is 0 Å². The van der Waals surface area contributed by atoms with Crippen LogP contribution in [0.15, 0.2) is 77.3 Å². The number of para-hydroxylation sites is 1. The third-order valence-electron chi connectivity index (χ3n) is 6.98. The molecule has 0 radical (unpaired) electrons. The second-order valence-corrected chi connectivity index (χ2v) is 9.71. The summed E-state index contributed by atoms with van der Waals surface area (Å²) < 4.78 is 6.86. The largest absolute Gasteiger partial charge is 0.349 e. The molecule has 2 aliphatic heterocycles. The van der Waals surface area contributed by atoms with Gasteiger partial charge in [-0.15, -0.1) is 0 Å². The fraction of sp³-hybridized carbons (Fsp3) is 0.185. The van der Waals surface area contributed by atoms with Crippen molar-refractivity contribution in [2.75, 3.05) is 4.90 Å². The number of Topliss-reactive ketones (excluding diaryl/α,β-unsaturated/α-hetero) is 2. The lowest BCUT2D eigenvalue weighted by Crippen LogP contribution is -2.51. The van der Waals surface area contributed by atoms with Crippen LogP contribution in [-0.4, -0.2) is 29.0 Å². The van der Waals surface area contributed by atoms with Gasteiger partial charge in [0.25, 0.3) is 0 Å². The van der Waals surface area contributed by atoms with E-state index in [-0.39, 0.29) is 11.1 Å². The van der Waals surface area contributed by atoms with E-state index < -0.39 is 46.9 Å². The van der Waals surface area contributed by atoms with Crippen LogP contribution in [0, 0.1) is 18.8 Å². The van der Waals surface area contributed by atoms with Crippen LogP contribution in [0.5, 0.6) is 0 Å². The molecule has 3 aliphatic rings. The van der Waals surface area contributed by atoms with Crippen LogP contribution >= 0.6 is 15.9 Å². The number of amides is 2. The van der Waals surface area contributed by atoms with Crippen molar-refractivity contribution in [3.63, 3.8) is 0 Å². The summed E-state index contributed by atoms with van der Waals surface area (Å²) in [4.78, 5) is 56.3. The number of fused-ring (bicyclic) bond motifs is 3. The zero-order chi connectivity index (χ0) is 23.8. The van der Waals surface area contributed by atoms with Crippen molar-refractivity contribution >= 4 is 45.0 Å². The second-order valence-electron chi connectivity index (χ2n) is 8.86. The van der Waals surface area contributed by atoms with Crippen molar-refractivity contribution in [2.45, 2.75) is 18.6 Å². The van der Waals surface area contributed by atoms with Crippen LogP contribution in [0.1, 0.15) is 37.9 Å². The average molecular weight is 516 g/mol. The standard InChI is InChI=1S/C27H18BrNO5/c1-14-7-6-8-15(13-14)22-20-21(26(33)29(25(20)32)19-12-5-4-11-18(19)28)27(34-22)23(30)16-9-2-3-10-17(16)24(27)31/h2-13,20-22H,1H3/t20-,21+,22-/m0/s1. The number of hydrogen-bond acceptors (Lipinski definition) is 5. The van der Waals surface area contributed by atoms with Gasteiger partial charge < -0.3 is 4.74 Å². The van der Waals surface area contributed by atoms with E-state index in [0.717, 1.165) is 10.5 Å². The Labute approximate surface area is 203 Å². The highest BCUT2D eigenvalue weighted by Crippen LogP contribution is 2.58. The number of aryl methyl sites for hydroxylation is 1. The van der Waals surface area contributed by atoms with Gasteiger partial charge in [0.1, 0.15) is 0 Å². The van der Waals surface area contributed by atoms with Crippen LogP contribution in [0.3, 0.4) is 0 Å². The molecule has 0 aromatic heterocycles. The number of halogens is 1. The molecule has 6 rings (SSSR count). The molecule has 3 atom stereocenters. The van der Waals surface area contributed by atoms with Gasteiger partial charge >= 0.3 is 0 Å². The monoisotopic (exact) mass is 515 g/mol. The molecule has 3 aromatic rings. The third kappa shape index (κ3) is 2.59. The van der Waals surface area contributed by atoms with E-state index in [2.05, 4.69) is 15.9 Å². The molecule has 1 aliphatic carbocycles. The fourth-order valence-electron chi connectivity index (χ4n) is 5.54. The number of hydrogen-bond donors (Lipinski definition) is 0. The summed E-state index contributed by atoms with van der Waals surface area (Å²) in [6, 6.07) is 20.7. The van der Waals surface area contributed by atoms with E-state index in [1.54, 1.807) is 54.6 Å². The number of rotatable bonds is 2. The van der Waals surface area contributed by atoms with Crippen LogP contribution < -0.4 is 4.90 Å². The minimum atomic E-state index is -2.06. The van der Waals surface area contributed by atoms with Gasteiger partial charge in [0, 0.05) is 15.6 Å². The minimum absolute atomic E-state index is 0.218. The molecule has 0 N–H and O–H groups in total. The van der Waals surface area contributed by atoms with Gasteiger partial charge in [0.2, 0.25) is 29.0 Å². The Morgan fingerprint density at radius 3 is 2.12 bits per heavy atom. The lowest BCUT2D eigenvalue weighted by atomic mass is 9.77. The first-order chi connectivity index (χ1) is 16.4. The van der Waals surface area contributed by atoms with Crippen molar-refractivity contribution in [1.82, 2.24) is 0 Å². The summed E-state index contributed by atoms with van der Waals surface area (Å²) in [7, 11) is 0. The van der Waals surface area contributed by atoms with Gasteiger partial charge in [-0.05, 0) is 40.5 Å². The molecule has 7 heteroatoms. The first kappa shape index (κ1) is 21.1. The Morgan fingerprint density at radius 1 is 0.824 bits per heavy atom. The van der Waals surface area contributed by atoms with Gasteiger partial charge in [-0.2, -0.15) is 0 Å². The maximum atomic E-state index is 13.9. The lowest BCUT2D eigenvalue weighted by Gasteiger charge is -2.27. The molecular formula is C27H18BrNO5. The third-order valence-corrected chi connectivity index (χ3v) is 7.65. The van der Waals surface area contributed by atoms with Gasteiger partial charge in [0.15, 0.2) is 0 Å². The summed E-state index contributed by atoms with van der Waals surface area (Å²) in [5.41, 5.74) is 0.335. The van der Waals surface area contributed by atoms with Crippen molar-refractivity contribution < 1.29 is 23.9 Å². The number of ketones is 2. The first-order valence-corrected chi connectivity index (χ1v) is 11.7. The SMILES string of the molecule is Cc1cccc([C@@H]2OC3(C(=O)c4ccccc4C3=O)[C@H]3C(=O)N(c4ccccc4Br)C(=O)[C@H]23)c1. The van der Waals surface area contributed by atoms with E-state index in [4.69, 9.17) is 4.74 Å². The Morgan fingerprint density at radius 2 is 1.47 bits per heavy atom. The molecule has 1 spiro atoms. The Hall–Kier alpha value is -3.42. The molecule has 0 bridgehead atoms. The summed E-state index contributed by atoms with van der Waals surface area (Å²) in [6.45, 7) is 1.91. The summed E-state index contributed by atoms with van der Waals surface area (Å²) in [5.74, 6) is -4.48. The lowest BCUT2D eigenvalue weighted by molar-refractivity contribution is -0.127. The summed E-state index contributed by atoms with van der Waals surface area (Å²) >= 11 is 3.42. The van der Waals surface area contributed by atoms with Crippen LogP contribution in [0.4, 0.5) is 5.69 Å². The molecule has 0 saturated carbocycles. The molecule has 168 valence electrons. The highest BCUT2D eigenvalue weighted by molar-refractivity contribution is 9.10. The van der Waals surface area contributed by atoms with E-state index in [1.165, 1.54) is 0 Å². The number of ether oxygens (including phenoxy) is 1. The smallest absolute Gasteiger partial charge is 0.241 e. The molecular weight excluding hydrogens is 498 g/mol. The Bertz CT molecular complexity index is 1390. The number of carbonyl (C=O) groups is 4. The molecule has 2 amide bonds. The van der Waals surface area contributed by atoms with Gasteiger partial charge in [-0.1, -0.05) is 66.2 Å². The summed E-state index contributed by atoms with van der Waals surface area (Å²) in [6.07, 6.45) is -0.920. The number of nitrogens with zero attached hydrogens (tertiary/aromatic N) is 1. The van der Waals surface area contributed by atoms with Crippen molar-refractivity contribution in [3.05, 3.63) is 99.5 Å². The Kier molecular flexibility index (Phi) is 4.53. The molecule has 0 unspecified atom stereocenters. The van der Waals surface area contributed by atoms with E-state index in [0.29, 0.717) is 15.7 Å². The fourth-order valence-corrected chi connectivity index (χ4v) is 6.00. The normalized spacial score (nSPS) is 24.8. The van der Waals surface area contributed by atoms with E-state index in [9.17, 15) is 19.2 Å². The second kappa shape index (κ2) is 7.29. The quantitative estimate of drug-likeness (QED) is 0.372. The van der Waals surface area contributed by atoms with Gasteiger partial charge in [-0.25, -0.2) is 4.90 Å². The number of carbonyl (C=O) groups excluding carboxylic acids is 4. The maximum absolute atomic E-state index is 13.9. The molecule has 2 fully saturated rings. The molecule has 34 heavy (non-hydrogen) atoms. The van der Waals surface area contributed by atoms with Crippen molar-refractivity contribution in [2.24, 2.45) is 11.8 Å². The predicted octanol–water partition coefficient (Wildman–Crippen LogP) is 4.45. The zero-order valence-corrected chi connectivity index (χ0v) is 19.6. The molecule has 6 nitrogen and oxygen atoms in total. The molecule has 2 saturated heterocycles. The van der Waals surface area contributed by atoms with Gasteiger partial charge in [-0.3, -0.25) is 19.2 Å². The zero-order valence-electron chi connectivity index (χ0n) is 18.0. The van der Waals surface area contributed by atoms with E-state index in [1.807, 2.05) is 25.1 Å². The Balaban J connectivity index is 1.57. The first-order valence-electron chi connectivity index (χ1n) is 10.9. The number of anilines is 1. The topological polar surface area (TPSA) is 80.8 Å². The predicted molar refractivity (Wildman–Crippen MR) is 126 cm³/mol. The highest BCUT2D eigenvalue weighted by Gasteiger charge is 2.74. The summed E-state index contributed by atoms with van der Waals surface area (Å²) in [5, 5.41) is 0.